The number of hydrogen-bond donors (Lipinski definition) is 2. The third-order valence-corrected chi connectivity index (χ3v) is 10.7. The highest BCUT2D eigenvalue weighted by Gasteiger charge is 2.43. The molecular formula is C28H28ClFN4O4S2. The molecule has 1 aliphatic carbocycles. The summed E-state index contributed by atoms with van der Waals surface area (Å²) >= 11 is 7.73. The van der Waals surface area contributed by atoms with Crippen molar-refractivity contribution in [1.29, 1.82) is 0 Å². The third kappa shape index (κ3) is 4.99. The minimum absolute atomic E-state index is 0.0165. The Labute approximate surface area is 240 Å². The Morgan fingerprint density at radius 3 is 2.67 bits per heavy atom. The van der Waals surface area contributed by atoms with Crippen LogP contribution in [0.2, 0.25) is 5.02 Å². The molecule has 1 aliphatic heterocycles. The van der Waals surface area contributed by atoms with Crippen molar-refractivity contribution < 1.29 is 22.3 Å². The maximum absolute atomic E-state index is 15.3. The van der Waals surface area contributed by atoms with E-state index in [0.29, 0.717) is 24.3 Å². The number of rotatable bonds is 7. The first-order valence-electron chi connectivity index (χ1n) is 12.8. The predicted octanol–water partition coefficient (Wildman–Crippen LogP) is 5.90. The van der Waals surface area contributed by atoms with E-state index in [9.17, 15) is 8.42 Å². The van der Waals surface area contributed by atoms with Crippen molar-refractivity contribution in [3.8, 4) is 11.3 Å². The molecule has 1 saturated heterocycles. The van der Waals surface area contributed by atoms with Gasteiger partial charge in [-0.15, -0.1) is 11.3 Å². The molecule has 4 heterocycles. The van der Waals surface area contributed by atoms with Crippen LogP contribution < -0.4 is 10.5 Å². The average Bonchev–Trinajstić information content (AvgIpc) is 3.62. The van der Waals surface area contributed by atoms with Gasteiger partial charge in [0.1, 0.15) is 5.60 Å². The fourth-order valence-electron chi connectivity index (χ4n) is 5.05. The Morgan fingerprint density at radius 1 is 1.20 bits per heavy atom. The second-order valence-corrected chi connectivity index (χ2v) is 14.3. The van der Waals surface area contributed by atoms with Gasteiger partial charge in [0.05, 0.1) is 28.6 Å². The Balaban J connectivity index is 1.46. The number of anilines is 1. The van der Waals surface area contributed by atoms with Gasteiger partial charge in [-0.25, -0.2) is 22.5 Å². The molecule has 3 aromatic heterocycles. The van der Waals surface area contributed by atoms with Gasteiger partial charge < -0.3 is 15.2 Å². The van der Waals surface area contributed by atoms with E-state index in [1.165, 1.54) is 17.5 Å². The highest BCUT2D eigenvalue weighted by atomic mass is 35.5. The minimum Gasteiger partial charge on any atom is -0.381 e. The highest BCUT2D eigenvalue weighted by Crippen LogP contribution is 2.43. The van der Waals surface area contributed by atoms with Crippen LogP contribution in [0.4, 0.5) is 10.2 Å². The third-order valence-electron chi connectivity index (χ3n) is 7.23. The summed E-state index contributed by atoms with van der Waals surface area (Å²) in [6.45, 7) is 6.16. The van der Waals surface area contributed by atoms with Crippen LogP contribution in [0.25, 0.3) is 21.3 Å². The molecular weight excluding hydrogens is 575 g/mol. The quantitative estimate of drug-likeness (QED) is 0.270. The van der Waals surface area contributed by atoms with Crippen LogP contribution in [0.3, 0.4) is 0 Å². The average molecular weight is 603 g/mol. The number of halogens is 2. The van der Waals surface area contributed by atoms with Gasteiger partial charge >= 0.3 is 0 Å². The fourth-order valence-corrected chi connectivity index (χ4v) is 8.13. The monoisotopic (exact) mass is 602 g/mol. The van der Waals surface area contributed by atoms with E-state index in [1.807, 2.05) is 57.2 Å². The van der Waals surface area contributed by atoms with Crippen molar-refractivity contribution in [3.63, 3.8) is 0 Å². The summed E-state index contributed by atoms with van der Waals surface area (Å²) in [5, 5.41) is 0.324. The van der Waals surface area contributed by atoms with Gasteiger partial charge in [0.25, 0.3) is 0 Å². The number of nitrogens with one attached hydrogen (secondary N) is 1. The van der Waals surface area contributed by atoms with Gasteiger partial charge in [0.2, 0.25) is 10.0 Å². The number of nitrogen functional groups attached to an aromatic ring is 1. The molecule has 1 aromatic carbocycles. The van der Waals surface area contributed by atoms with Gasteiger partial charge in [0, 0.05) is 33.1 Å². The maximum Gasteiger partial charge on any atom is 0.215 e. The summed E-state index contributed by atoms with van der Waals surface area (Å²) in [6, 6.07) is 10.4. The lowest BCUT2D eigenvalue weighted by Gasteiger charge is -2.25. The maximum atomic E-state index is 15.3. The van der Waals surface area contributed by atoms with Gasteiger partial charge in [-0.1, -0.05) is 29.8 Å². The fraction of sp³-hybridized carbons (Fsp3) is 0.357. The first kappa shape index (κ1) is 27.5. The second-order valence-electron chi connectivity index (χ2n) is 10.8. The largest absolute Gasteiger partial charge is 0.381 e. The van der Waals surface area contributed by atoms with Crippen LogP contribution >= 0.6 is 22.9 Å². The molecule has 40 heavy (non-hydrogen) atoms. The molecule has 0 spiro atoms. The van der Waals surface area contributed by atoms with Gasteiger partial charge in [-0.05, 0) is 62.8 Å². The molecule has 2 aliphatic rings. The number of hydrogen-bond acceptors (Lipinski definition) is 8. The standard InChI is InChI=1S/C28H28ClFN4O4S2/c1-27(2)37-14-28(3,38-27)16-9-10-32-20(12-16)18-6-4-5-15-11-21(39-25(15)18)24(34-40(35,36)17-7-8-17)22-19(29)13-33-26(31)23(22)30/h4-6,9-13,17,24,34H,7-8,14H2,1-3H3,(H2,31,33)/t24?,28-/m0/s1. The van der Waals surface area contributed by atoms with Crippen molar-refractivity contribution >= 4 is 48.9 Å². The first-order valence-corrected chi connectivity index (χ1v) is 15.5. The van der Waals surface area contributed by atoms with E-state index in [2.05, 4.69) is 14.7 Å². The molecule has 12 heteroatoms. The van der Waals surface area contributed by atoms with Gasteiger partial charge in [-0.2, -0.15) is 0 Å². The van der Waals surface area contributed by atoms with E-state index in [-0.39, 0.29) is 16.4 Å². The van der Waals surface area contributed by atoms with Crippen molar-refractivity contribution in [2.45, 2.75) is 56.3 Å². The number of sulfonamides is 1. The number of aromatic nitrogens is 2. The van der Waals surface area contributed by atoms with Crippen LogP contribution in [-0.2, 0) is 25.1 Å². The van der Waals surface area contributed by atoms with Crippen molar-refractivity contribution in [2.75, 3.05) is 12.3 Å². The molecule has 0 amide bonds. The summed E-state index contributed by atoms with van der Waals surface area (Å²) in [5.74, 6) is -1.90. The first-order chi connectivity index (χ1) is 18.9. The number of thiophene rings is 1. The van der Waals surface area contributed by atoms with Crippen LogP contribution in [0, 0.1) is 5.82 Å². The molecule has 2 atom stereocenters. The Kier molecular flexibility index (Phi) is 6.68. The van der Waals surface area contributed by atoms with E-state index in [0.717, 1.165) is 26.9 Å². The lowest BCUT2D eigenvalue weighted by atomic mass is 9.96. The normalized spacial score (nSPS) is 21.6. The van der Waals surface area contributed by atoms with Gasteiger partial charge in [-0.3, -0.25) is 4.98 Å². The summed E-state index contributed by atoms with van der Waals surface area (Å²) in [4.78, 5) is 8.98. The molecule has 3 N–H and O–H groups in total. The Morgan fingerprint density at radius 2 is 1.98 bits per heavy atom. The molecule has 1 saturated carbocycles. The van der Waals surface area contributed by atoms with Crippen LogP contribution in [0.5, 0.6) is 0 Å². The summed E-state index contributed by atoms with van der Waals surface area (Å²) in [6.07, 6.45) is 4.08. The number of ether oxygens (including phenoxy) is 2. The second kappa shape index (κ2) is 9.71. The molecule has 210 valence electrons. The zero-order chi connectivity index (χ0) is 28.4. The Hall–Kier alpha value is -2.67. The molecule has 4 aromatic rings. The van der Waals surface area contributed by atoms with E-state index in [4.69, 9.17) is 26.8 Å². The predicted molar refractivity (Wildman–Crippen MR) is 154 cm³/mol. The number of fused-ring (bicyclic) bond motifs is 1. The Bertz CT molecular complexity index is 1740. The lowest BCUT2D eigenvalue weighted by Crippen LogP contribution is -2.32. The van der Waals surface area contributed by atoms with Crippen molar-refractivity contribution in [2.24, 2.45) is 0 Å². The molecule has 8 nitrogen and oxygen atoms in total. The number of nitrogens with two attached hydrogens (primary N) is 1. The summed E-state index contributed by atoms with van der Waals surface area (Å²) in [7, 11) is -3.73. The highest BCUT2D eigenvalue weighted by molar-refractivity contribution is 7.90. The SMILES string of the molecule is CC1(C)OC[C@@](C)(c2ccnc(-c3cccc4cc(C(NS(=O)(=O)C5CC5)c5c(Cl)cnc(N)c5F)sc34)c2)O1. The van der Waals surface area contributed by atoms with Crippen molar-refractivity contribution in [3.05, 3.63) is 75.6 Å². The molecule has 1 unspecified atom stereocenters. The van der Waals surface area contributed by atoms with Crippen LogP contribution in [-0.4, -0.2) is 36.0 Å². The van der Waals surface area contributed by atoms with Gasteiger partial charge in [0.15, 0.2) is 17.4 Å². The topological polar surface area (TPSA) is 116 Å². The molecule has 0 bridgehead atoms. The number of nitrogens with zero attached hydrogens (tertiary/aromatic N) is 2. The molecule has 0 radical (unpaired) electrons. The molecule has 2 fully saturated rings. The van der Waals surface area contributed by atoms with Crippen LogP contribution in [0.1, 0.15) is 55.7 Å². The minimum atomic E-state index is -3.73. The summed E-state index contributed by atoms with van der Waals surface area (Å²) < 4.78 is 57.1. The van der Waals surface area contributed by atoms with E-state index >= 15 is 4.39 Å². The number of pyridine rings is 2. The van der Waals surface area contributed by atoms with Crippen LogP contribution in [0.15, 0.2) is 48.8 Å². The lowest BCUT2D eigenvalue weighted by molar-refractivity contribution is -0.159. The van der Waals surface area contributed by atoms with Crippen molar-refractivity contribution in [1.82, 2.24) is 14.7 Å². The zero-order valence-electron chi connectivity index (χ0n) is 22.1. The molecule has 6 rings (SSSR count). The zero-order valence-corrected chi connectivity index (χ0v) is 24.5. The van der Waals surface area contributed by atoms with E-state index < -0.39 is 38.5 Å². The summed E-state index contributed by atoms with van der Waals surface area (Å²) in [5.41, 5.74) is 7.56. The van der Waals surface area contributed by atoms with E-state index in [1.54, 1.807) is 6.20 Å². The smallest absolute Gasteiger partial charge is 0.215 e. The number of benzene rings is 1.